The molecular weight excluding hydrogens is 338 g/mol. The minimum absolute atomic E-state index is 0.0525. The lowest BCUT2D eigenvalue weighted by atomic mass is 9.83. The average Bonchev–Trinajstić information content (AvgIpc) is 2.73. The molecule has 0 radical (unpaired) electrons. The molecule has 2 aromatic rings. The first-order valence-electron chi connectivity index (χ1n) is 9.69. The van der Waals surface area contributed by atoms with Crippen LogP contribution in [0, 0.1) is 5.92 Å². The Kier molecular flexibility index (Phi) is 5.30. The fourth-order valence-electron chi connectivity index (χ4n) is 4.34. The van der Waals surface area contributed by atoms with Crippen molar-refractivity contribution in [2.24, 2.45) is 5.92 Å². The summed E-state index contributed by atoms with van der Waals surface area (Å²) in [6.45, 7) is 3.86. The summed E-state index contributed by atoms with van der Waals surface area (Å²) >= 11 is 0. The maximum absolute atomic E-state index is 13.0. The summed E-state index contributed by atoms with van der Waals surface area (Å²) in [5, 5.41) is 3.06. The molecule has 1 N–H and O–H groups in total. The van der Waals surface area contributed by atoms with Crippen molar-refractivity contribution in [2.45, 2.75) is 12.5 Å². The molecule has 4 rings (SSSR count). The number of carbonyl (C=O) groups excluding carboxylic acids is 1. The van der Waals surface area contributed by atoms with Gasteiger partial charge in [0.1, 0.15) is 0 Å². The third-order valence-electron chi connectivity index (χ3n) is 5.69. The van der Waals surface area contributed by atoms with Crippen LogP contribution in [-0.4, -0.2) is 51.8 Å². The van der Waals surface area contributed by atoms with E-state index in [4.69, 9.17) is 4.74 Å². The van der Waals surface area contributed by atoms with E-state index in [-0.39, 0.29) is 17.9 Å². The Hall–Kier alpha value is -2.53. The molecule has 0 spiro atoms. The maximum Gasteiger partial charge on any atom is 0.225 e. The van der Waals surface area contributed by atoms with Crippen molar-refractivity contribution in [1.82, 2.24) is 5.32 Å². The molecular formula is C22H27N3O2. The van der Waals surface area contributed by atoms with E-state index in [1.54, 1.807) is 7.11 Å². The summed E-state index contributed by atoms with van der Waals surface area (Å²) in [4.78, 5) is 17.8. The molecule has 0 aliphatic carbocycles. The van der Waals surface area contributed by atoms with Crippen molar-refractivity contribution in [1.29, 1.82) is 0 Å². The van der Waals surface area contributed by atoms with Crippen molar-refractivity contribution < 1.29 is 9.53 Å². The van der Waals surface area contributed by atoms with Gasteiger partial charge in [-0.2, -0.15) is 0 Å². The Morgan fingerprint density at radius 2 is 1.89 bits per heavy atom. The number of para-hydroxylation sites is 2. The molecule has 1 fully saturated rings. The lowest BCUT2D eigenvalue weighted by Crippen LogP contribution is -2.61. The molecule has 2 heterocycles. The average molecular weight is 365 g/mol. The number of fused-ring (bicyclic) bond motifs is 3. The second-order valence-corrected chi connectivity index (χ2v) is 7.27. The van der Waals surface area contributed by atoms with Crippen LogP contribution < -0.4 is 15.1 Å². The van der Waals surface area contributed by atoms with Crippen molar-refractivity contribution >= 4 is 17.3 Å². The molecule has 142 valence electrons. The van der Waals surface area contributed by atoms with E-state index in [1.165, 1.54) is 16.9 Å². The lowest BCUT2D eigenvalue weighted by Gasteiger charge is -2.49. The minimum Gasteiger partial charge on any atom is -0.383 e. The molecule has 0 aromatic heterocycles. The number of amides is 1. The standard InChI is InChI=1S/C22H27N3O2/c1-27-14-11-23-22(26)19-15-17-7-5-6-10-20(17)25-13-12-24(16-21(19)25)18-8-3-2-4-9-18/h2-10,19,21H,11-16H2,1H3,(H,23,26)/t19-,21+/m1/s1. The van der Waals surface area contributed by atoms with E-state index in [0.29, 0.717) is 13.2 Å². The topological polar surface area (TPSA) is 44.8 Å². The van der Waals surface area contributed by atoms with Crippen molar-refractivity contribution in [3.8, 4) is 0 Å². The summed E-state index contributed by atoms with van der Waals surface area (Å²) in [5.74, 6) is 0.0785. The van der Waals surface area contributed by atoms with Gasteiger partial charge in [0, 0.05) is 44.7 Å². The molecule has 27 heavy (non-hydrogen) atoms. The quantitative estimate of drug-likeness (QED) is 0.826. The second kappa shape index (κ2) is 8.01. The lowest BCUT2D eigenvalue weighted by molar-refractivity contribution is -0.126. The minimum atomic E-state index is -0.0525. The van der Waals surface area contributed by atoms with Gasteiger partial charge < -0.3 is 19.9 Å². The summed E-state index contributed by atoms with van der Waals surface area (Å²) < 4.78 is 5.08. The zero-order chi connectivity index (χ0) is 18.6. The van der Waals surface area contributed by atoms with Gasteiger partial charge in [0.05, 0.1) is 18.6 Å². The third-order valence-corrected chi connectivity index (χ3v) is 5.69. The van der Waals surface area contributed by atoms with E-state index >= 15 is 0 Å². The van der Waals surface area contributed by atoms with Gasteiger partial charge in [-0.3, -0.25) is 4.79 Å². The third kappa shape index (κ3) is 3.65. The monoisotopic (exact) mass is 365 g/mol. The highest BCUT2D eigenvalue weighted by Crippen LogP contribution is 2.36. The van der Waals surface area contributed by atoms with Gasteiger partial charge >= 0.3 is 0 Å². The van der Waals surface area contributed by atoms with Crippen molar-refractivity contribution in [3.63, 3.8) is 0 Å². The number of benzene rings is 2. The summed E-state index contributed by atoms with van der Waals surface area (Å²) in [7, 11) is 1.66. The molecule has 0 bridgehead atoms. The molecule has 1 saturated heterocycles. The van der Waals surface area contributed by atoms with Crippen LogP contribution in [0.25, 0.3) is 0 Å². The number of hydrogen-bond acceptors (Lipinski definition) is 4. The fourth-order valence-corrected chi connectivity index (χ4v) is 4.34. The van der Waals surface area contributed by atoms with Crippen LogP contribution in [0.1, 0.15) is 5.56 Å². The van der Waals surface area contributed by atoms with Crippen LogP contribution in [0.15, 0.2) is 54.6 Å². The van der Waals surface area contributed by atoms with Crippen LogP contribution in [0.2, 0.25) is 0 Å². The molecule has 2 atom stereocenters. The van der Waals surface area contributed by atoms with Gasteiger partial charge in [-0.05, 0) is 30.2 Å². The highest BCUT2D eigenvalue weighted by atomic mass is 16.5. The molecule has 1 amide bonds. The van der Waals surface area contributed by atoms with Gasteiger partial charge in [0.2, 0.25) is 5.91 Å². The van der Waals surface area contributed by atoms with Gasteiger partial charge in [0.25, 0.3) is 0 Å². The van der Waals surface area contributed by atoms with E-state index in [9.17, 15) is 4.79 Å². The maximum atomic E-state index is 13.0. The summed E-state index contributed by atoms with van der Waals surface area (Å²) in [6, 6.07) is 19.2. The van der Waals surface area contributed by atoms with Crippen LogP contribution in [0.5, 0.6) is 0 Å². The first-order valence-corrected chi connectivity index (χ1v) is 9.69. The van der Waals surface area contributed by atoms with Crippen LogP contribution in [-0.2, 0) is 16.0 Å². The van der Waals surface area contributed by atoms with Crippen molar-refractivity contribution in [2.75, 3.05) is 49.7 Å². The number of nitrogens with zero attached hydrogens (tertiary/aromatic N) is 2. The number of hydrogen-bond donors (Lipinski definition) is 1. The predicted molar refractivity (Wildman–Crippen MR) is 108 cm³/mol. The normalized spacial score (nSPS) is 21.4. The zero-order valence-corrected chi connectivity index (χ0v) is 15.8. The molecule has 2 aliphatic heterocycles. The SMILES string of the molecule is COCCNC(=O)[C@@H]1Cc2ccccc2N2CCN(c3ccccc3)C[C@@H]12. The number of nitrogens with one attached hydrogen (secondary N) is 1. The summed E-state index contributed by atoms with van der Waals surface area (Å²) in [5.41, 5.74) is 3.79. The Morgan fingerprint density at radius 1 is 1.11 bits per heavy atom. The first kappa shape index (κ1) is 17.9. The Labute approximate surface area is 160 Å². The number of piperazine rings is 1. The zero-order valence-electron chi connectivity index (χ0n) is 15.8. The smallest absolute Gasteiger partial charge is 0.225 e. The van der Waals surface area contributed by atoms with Gasteiger partial charge in [0.15, 0.2) is 0 Å². The van der Waals surface area contributed by atoms with Crippen LogP contribution >= 0.6 is 0 Å². The van der Waals surface area contributed by atoms with Crippen molar-refractivity contribution in [3.05, 3.63) is 60.2 Å². The molecule has 2 aliphatic rings. The van der Waals surface area contributed by atoms with Crippen LogP contribution in [0.3, 0.4) is 0 Å². The van der Waals surface area contributed by atoms with E-state index in [0.717, 1.165) is 26.1 Å². The number of anilines is 2. The highest BCUT2D eigenvalue weighted by Gasteiger charge is 2.41. The molecule has 0 unspecified atom stereocenters. The Balaban J connectivity index is 1.59. The molecule has 5 heteroatoms. The molecule has 2 aromatic carbocycles. The molecule has 0 saturated carbocycles. The molecule has 5 nitrogen and oxygen atoms in total. The number of ether oxygens (including phenoxy) is 1. The van der Waals surface area contributed by atoms with E-state index in [2.05, 4.69) is 63.6 Å². The first-order chi connectivity index (χ1) is 13.3. The van der Waals surface area contributed by atoms with Gasteiger partial charge in [-0.1, -0.05) is 36.4 Å². The highest BCUT2D eigenvalue weighted by molar-refractivity contribution is 5.82. The number of methoxy groups -OCH3 is 1. The predicted octanol–water partition coefficient (Wildman–Crippen LogP) is 2.32. The van der Waals surface area contributed by atoms with E-state index in [1.807, 2.05) is 6.07 Å². The largest absolute Gasteiger partial charge is 0.383 e. The van der Waals surface area contributed by atoms with Crippen LogP contribution in [0.4, 0.5) is 11.4 Å². The van der Waals surface area contributed by atoms with Gasteiger partial charge in [-0.25, -0.2) is 0 Å². The summed E-state index contributed by atoms with van der Waals surface area (Å²) in [6.07, 6.45) is 0.790. The second-order valence-electron chi connectivity index (χ2n) is 7.27. The Bertz CT molecular complexity index is 780. The van der Waals surface area contributed by atoms with E-state index < -0.39 is 0 Å². The fraction of sp³-hybridized carbons (Fsp3) is 0.409. The number of rotatable bonds is 5. The number of carbonyl (C=O) groups is 1. The van der Waals surface area contributed by atoms with Gasteiger partial charge in [-0.15, -0.1) is 0 Å². The Morgan fingerprint density at radius 3 is 2.70 bits per heavy atom.